The molecular weight excluding hydrogens is 598 g/mol. The van der Waals surface area contributed by atoms with E-state index in [2.05, 4.69) is 0 Å². The van der Waals surface area contributed by atoms with Crippen molar-refractivity contribution in [2.24, 2.45) is 5.92 Å². The molecular formula is C28H27F8NO4S. The Bertz CT molecular complexity index is 1450. The summed E-state index contributed by atoms with van der Waals surface area (Å²) < 4.78 is 136. The number of sulfone groups is 1. The second-order valence-electron chi connectivity index (χ2n) is 11.2. The Kier molecular flexibility index (Phi) is 7.44. The third kappa shape index (κ3) is 4.51. The van der Waals surface area contributed by atoms with Crippen molar-refractivity contribution in [2.75, 3.05) is 6.54 Å². The number of aliphatic hydroxyl groups excluding tert-OH is 1. The van der Waals surface area contributed by atoms with Gasteiger partial charge in [-0.25, -0.2) is 17.2 Å². The van der Waals surface area contributed by atoms with Gasteiger partial charge in [-0.05, 0) is 80.3 Å². The zero-order valence-electron chi connectivity index (χ0n) is 22.0. The maximum Gasteiger partial charge on any atom is 0.435 e. The summed E-state index contributed by atoms with van der Waals surface area (Å²) in [5.74, 6) is -1.58. The molecule has 5 nitrogen and oxygen atoms in total. The molecule has 1 saturated heterocycles. The van der Waals surface area contributed by atoms with Crippen molar-refractivity contribution in [1.82, 2.24) is 4.90 Å². The lowest BCUT2D eigenvalue weighted by Crippen LogP contribution is -2.53. The SMILES string of the molecule is O=C(C1CCC(O)CC1)N1CC[C@@]2(S(=O)(=O)c3ccc(F)cc3)c3ccc(C(F)(C(F)(F)F)C(F)(F)F)cc3CC[C@@H]12. The van der Waals surface area contributed by atoms with E-state index in [1.54, 1.807) is 0 Å². The topological polar surface area (TPSA) is 74.7 Å². The molecule has 5 rings (SSSR count). The summed E-state index contributed by atoms with van der Waals surface area (Å²) in [6, 6.07) is 4.29. The van der Waals surface area contributed by atoms with Crippen molar-refractivity contribution in [3.63, 3.8) is 0 Å². The summed E-state index contributed by atoms with van der Waals surface area (Å²) in [7, 11) is -4.54. The van der Waals surface area contributed by atoms with Crippen LogP contribution in [0.4, 0.5) is 35.1 Å². The Balaban J connectivity index is 1.66. The number of aliphatic hydroxyl groups is 1. The number of fused-ring (bicyclic) bond motifs is 3. The maximum absolute atomic E-state index is 14.9. The average molecular weight is 626 g/mol. The molecule has 230 valence electrons. The number of carbonyl (C=O) groups excluding carboxylic acids is 1. The Morgan fingerprint density at radius 1 is 0.881 bits per heavy atom. The van der Waals surface area contributed by atoms with E-state index in [-0.39, 0.29) is 47.7 Å². The van der Waals surface area contributed by atoms with Crippen LogP contribution in [0.1, 0.15) is 55.2 Å². The number of rotatable bonds is 4. The van der Waals surface area contributed by atoms with Gasteiger partial charge in [-0.15, -0.1) is 0 Å². The highest BCUT2D eigenvalue weighted by molar-refractivity contribution is 7.92. The quantitative estimate of drug-likeness (QED) is 0.340. The fraction of sp³-hybridized carbons (Fsp3) is 0.536. The minimum atomic E-state index is -6.35. The highest BCUT2D eigenvalue weighted by Gasteiger charge is 2.74. The van der Waals surface area contributed by atoms with Gasteiger partial charge >= 0.3 is 18.0 Å². The van der Waals surface area contributed by atoms with Crippen molar-refractivity contribution in [2.45, 2.75) is 84.8 Å². The lowest BCUT2D eigenvalue weighted by Gasteiger charge is -2.44. The van der Waals surface area contributed by atoms with Crippen molar-refractivity contribution >= 4 is 15.7 Å². The van der Waals surface area contributed by atoms with Crippen LogP contribution in [0.5, 0.6) is 0 Å². The molecule has 0 unspecified atom stereocenters. The number of hydrogen-bond acceptors (Lipinski definition) is 4. The third-order valence-corrected chi connectivity index (χ3v) is 11.5. The predicted octanol–water partition coefficient (Wildman–Crippen LogP) is 5.88. The summed E-state index contributed by atoms with van der Waals surface area (Å²) in [5.41, 5.74) is -7.74. The normalized spacial score (nSPS) is 27.0. The number of likely N-dealkylation sites (tertiary alicyclic amines) is 1. The number of aryl methyl sites for hydroxylation is 1. The molecule has 2 aliphatic carbocycles. The molecule has 42 heavy (non-hydrogen) atoms. The first-order chi connectivity index (χ1) is 19.4. The maximum atomic E-state index is 14.9. The summed E-state index contributed by atoms with van der Waals surface area (Å²) in [4.78, 5) is 14.7. The summed E-state index contributed by atoms with van der Waals surface area (Å²) in [5, 5.41) is 9.85. The van der Waals surface area contributed by atoms with Gasteiger partial charge < -0.3 is 10.0 Å². The van der Waals surface area contributed by atoms with Crippen molar-refractivity contribution in [3.8, 4) is 0 Å². The molecule has 1 saturated carbocycles. The first-order valence-corrected chi connectivity index (χ1v) is 14.9. The standard InChI is InChI=1S/C28H27F8NO4S/c29-19-5-9-21(10-6-19)42(40,41)25-13-14-37(24(39)16-1-7-20(38)8-2-16)23(25)12-3-17-15-18(4-11-22(17)25)26(30,27(31,32)33)28(34,35)36/h4-6,9-11,15-16,20,23,38H,1-3,7-8,12-14H2/t16?,20?,23-,25-/m1/s1. The molecule has 2 fully saturated rings. The van der Waals surface area contributed by atoms with Crippen LogP contribution < -0.4 is 0 Å². The molecule has 0 spiro atoms. The van der Waals surface area contributed by atoms with Crippen molar-refractivity contribution < 1.29 is 53.4 Å². The van der Waals surface area contributed by atoms with Gasteiger partial charge in [0.1, 0.15) is 10.6 Å². The van der Waals surface area contributed by atoms with Gasteiger partial charge in [0.05, 0.1) is 17.0 Å². The van der Waals surface area contributed by atoms with Gasteiger partial charge in [0.25, 0.3) is 0 Å². The van der Waals surface area contributed by atoms with Crippen LogP contribution in [-0.4, -0.2) is 55.4 Å². The summed E-state index contributed by atoms with van der Waals surface area (Å²) >= 11 is 0. The molecule has 3 aliphatic rings. The highest BCUT2D eigenvalue weighted by Crippen LogP contribution is 2.57. The molecule has 14 heteroatoms. The number of alkyl halides is 7. The predicted molar refractivity (Wildman–Crippen MR) is 133 cm³/mol. The van der Waals surface area contributed by atoms with Crippen molar-refractivity contribution in [1.29, 1.82) is 0 Å². The third-order valence-electron chi connectivity index (χ3n) is 9.00. The Hall–Kier alpha value is -2.74. The van der Waals surface area contributed by atoms with Gasteiger partial charge in [0.15, 0.2) is 9.84 Å². The minimum Gasteiger partial charge on any atom is -0.393 e. The van der Waals surface area contributed by atoms with Crippen LogP contribution in [0.15, 0.2) is 47.4 Å². The Morgan fingerprint density at radius 3 is 2.05 bits per heavy atom. The van der Waals surface area contributed by atoms with Crippen LogP contribution in [0, 0.1) is 11.7 Å². The van der Waals surface area contributed by atoms with Gasteiger partial charge in [-0.2, -0.15) is 26.3 Å². The minimum absolute atomic E-state index is 0.0671. The van der Waals surface area contributed by atoms with Crippen LogP contribution in [0.3, 0.4) is 0 Å². The molecule has 2 atom stereocenters. The zero-order chi connectivity index (χ0) is 30.9. The number of nitrogens with zero attached hydrogens (tertiary/aromatic N) is 1. The van der Waals surface area contributed by atoms with E-state index in [1.165, 1.54) is 4.90 Å². The molecule has 1 heterocycles. The van der Waals surface area contributed by atoms with Crippen LogP contribution in [0.2, 0.25) is 0 Å². The first-order valence-electron chi connectivity index (χ1n) is 13.4. The average Bonchev–Trinajstić information content (AvgIpc) is 3.33. The van der Waals surface area contributed by atoms with E-state index in [1.807, 2.05) is 0 Å². The smallest absolute Gasteiger partial charge is 0.393 e. The zero-order valence-corrected chi connectivity index (χ0v) is 22.8. The molecule has 0 aromatic heterocycles. The molecule has 2 aromatic rings. The van der Waals surface area contributed by atoms with E-state index in [9.17, 15) is 53.4 Å². The number of carbonyl (C=O) groups is 1. The van der Waals surface area contributed by atoms with Crippen LogP contribution in [-0.2, 0) is 31.5 Å². The van der Waals surface area contributed by atoms with E-state index >= 15 is 0 Å². The van der Waals surface area contributed by atoms with E-state index in [0.717, 1.165) is 30.3 Å². The van der Waals surface area contributed by atoms with Gasteiger partial charge in [-0.1, -0.05) is 18.2 Å². The van der Waals surface area contributed by atoms with Gasteiger partial charge in [0, 0.05) is 18.0 Å². The highest BCUT2D eigenvalue weighted by atomic mass is 32.2. The van der Waals surface area contributed by atoms with Crippen molar-refractivity contribution in [3.05, 3.63) is 65.0 Å². The van der Waals surface area contributed by atoms with Crippen LogP contribution in [0.25, 0.3) is 0 Å². The number of benzene rings is 2. The fourth-order valence-corrected chi connectivity index (χ4v) is 9.24. The molecule has 1 aliphatic heterocycles. The largest absolute Gasteiger partial charge is 0.435 e. The van der Waals surface area contributed by atoms with Crippen LogP contribution >= 0.6 is 0 Å². The number of amides is 1. The number of halogens is 8. The van der Waals surface area contributed by atoms with E-state index < -0.39 is 62.1 Å². The molecule has 0 bridgehead atoms. The lowest BCUT2D eigenvalue weighted by molar-refractivity contribution is -0.348. The van der Waals surface area contributed by atoms with Gasteiger partial charge in [-0.3, -0.25) is 4.79 Å². The van der Waals surface area contributed by atoms with E-state index in [0.29, 0.717) is 37.8 Å². The summed E-state index contributed by atoms with van der Waals surface area (Å²) in [6.45, 7) is -0.0671. The lowest BCUT2D eigenvalue weighted by atomic mass is 9.76. The Labute approximate surface area is 236 Å². The molecule has 1 amide bonds. The number of hydrogen-bond donors (Lipinski definition) is 1. The van der Waals surface area contributed by atoms with E-state index in [4.69, 9.17) is 0 Å². The second-order valence-corrected chi connectivity index (χ2v) is 13.4. The van der Waals surface area contributed by atoms with Gasteiger partial charge in [0.2, 0.25) is 5.91 Å². The second kappa shape index (κ2) is 10.2. The monoisotopic (exact) mass is 625 g/mol. The molecule has 1 N–H and O–H groups in total. The first kappa shape index (κ1) is 30.7. The Morgan fingerprint density at radius 2 is 1.48 bits per heavy atom. The summed E-state index contributed by atoms with van der Waals surface area (Å²) in [6.07, 6.45) is -12.3. The fourth-order valence-electron chi connectivity index (χ4n) is 6.88. The molecule has 0 radical (unpaired) electrons. The molecule has 2 aromatic carbocycles.